The van der Waals surface area contributed by atoms with Crippen molar-refractivity contribution >= 4 is 11.7 Å². The van der Waals surface area contributed by atoms with E-state index in [-0.39, 0.29) is 6.03 Å². The van der Waals surface area contributed by atoms with Crippen LogP contribution in [0.2, 0.25) is 0 Å². The predicted molar refractivity (Wildman–Crippen MR) is 81.4 cm³/mol. The molecular formula is C15H19N5O. The van der Waals surface area contributed by atoms with Gasteiger partial charge in [0.1, 0.15) is 0 Å². The summed E-state index contributed by atoms with van der Waals surface area (Å²) in [4.78, 5) is 12.8. The summed E-state index contributed by atoms with van der Waals surface area (Å²) in [7, 11) is 0. The third kappa shape index (κ3) is 2.99. The summed E-state index contributed by atoms with van der Waals surface area (Å²) in [5.41, 5.74) is 7.39. The summed E-state index contributed by atoms with van der Waals surface area (Å²) in [6.45, 7) is 1.41. The first-order valence-electron chi connectivity index (χ1n) is 7.14. The zero-order chi connectivity index (χ0) is 14.7. The van der Waals surface area contributed by atoms with Crippen LogP contribution in [0.5, 0.6) is 0 Å². The number of nitrogens with two attached hydrogens (primary N) is 1. The van der Waals surface area contributed by atoms with Gasteiger partial charge in [0, 0.05) is 31.5 Å². The molecule has 1 saturated heterocycles. The second kappa shape index (κ2) is 5.87. The van der Waals surface area contributed by atoms with Crippen molar-refractivity contribution in [2.45, 2.75) is 18.9 Å². The Balaban J connectivity index is 1.70. The molecule has 3 rings (SSSR count). The highest BCUT2D eigenvalue weighted by Gasteiger charge is 2.21. The summed E-state index contributed by atoms with van der Waals surface area (Å²) in [6.07, 6.45) is 5.49. The standard InChI is InChI=1S/C15H19N5O/c16-15(21)19-10-6-12(7-11-19)18-13-4-1-2-5-14(13)20-9-3-8-17-20/h1-5,8-9,12,18H,6-7,10-11H2,(H2,16,21). The van der Waals surface area contributed by atoms with E-state index in [4.69, 9.17) is 5.73 Å². The quantitative estimate of drug-likeness (QED) is 0.903. The summed E-state index contributed by atoms with van der Waals surface area (Å²) >= 11 is 0. The molecule has 1 aliphatic heterocycles. The largest absolute Gasteiger partial charge is 0.380 e. The molecule has 2 heterocycles. The Labute approximate surface area is 123 Å². The average molecular weight is 285 g/mol. The number of likely N-dealkylation sites (tertiary alicyclic amines) is 1. The van der Waals surface area contributed by atoms with Crippen LogP contribution in [0, 0.1) is 0 Å². The molecule has 0 spiro atoms. The number of aromatic nitrogens is 2. The number of carbonyl (C=O) groups excluding carboxylic acids is 1. The minimum Gasteiger partial charge on any atom is -0.380 e. The zero-order valence-corrected chi connectivity index (χ0v) is 11.8. The van der Waals surface area contributed by atoms with E-state index in [9.17, 15) is 4.79 Å². The van der Waals surface area contributed by atoms with Gasteiger partial charge in [0.05, 0.1) is 11.4 Å². The van der Waals surface area contributed by atoms with E-state index >= 15 is 0 Å². The van der Waals surface area contributed by atoms with E-state index in [1.807, 2.05) is 35.1 Å². The second-order valence-electron chi connectivity index (χ2n) is 5.21. The molecule has 0 unspecified atom stereocenters. The fourth-order valence-corrected chi connectivity index (χ4v) is 2.67. The summed E-state index contributed by atoms with van der Waals surface area (Å²) in [5, 5.41) is 7.84. The highest BCUT2D eigenvalue weighted by Crippen LogP contribution is 2.22. The zero-order valence-electron chi connectivity index (χ0n) is 11.8. The Bertz CT molecular complexity index is 602. The number of rotatable bonds is 3. The molecule has 21 heavy (non-hydrogen) atoms. The average Bonchev–Trinajstić information content (AvgIpc) is 3.02. The van der Waals surface area contributed by atoms with Crippen molar-refractivity contribution in [1.29, 1.82) is 0 Å². The Hall–Kier alpha value is -2.50. The highest BCUT2D eigenvalue weighted by atomic mass is 16.2. The molecule has 6 heteroatoms. The van der Waals surface area contributed by atoms with Gasteiger partial charge >= 0.3 is 6.03 Å². The monoisotopic (exact) mass is 285 g/mol. The molecule has 0 atom stereocenters. The van der Waals surface area contributed by atoms with Crippen LogP contribution < -0.4 is 11.1 Å². The van der Waals surface area contributed by atoms with E-state index in [0.717, 1.165) is 24.2 Å². The molecule has 0 radical (unpaired) electrons. The molecule has 110 valence electrons. The lowest BCUT2D eigenvalue weighted by atomic mass is 10.0. The number of hydrogen-bond donors (Lipinski definition) is 2. The first-order valence-corrected chi connectivity index (χ1v) is 7.14. The van der Waals surface area contributed by atoms with Gasteiger partial charge in [0.25, 0.3) is 0 Å². The molecule has 1 aliphatic rings. The Morgan fingerprint density at radius 1 is 1.24 bits per heavy atom. The number of amides is 2. The van der Waals surface area contributed by atoms with Crippen LogP contribution in [0.4, 0.5) is 10.5 Å². The Morgan fingerprint density at radius 3 is 2.67 bits per heavy atom. The van der Waals surface area contributed by atoms with E-state index in [0.29, 0.717) is 19.1 Å². The first kappa shape index (κ1) is 13.5. The number of nitrogens with zero attached hydrogens (tertiary/aromatic N) is 3. The van der Waals surface area contributed by atoms with E-state index < -0.39 is 0 Å². The first-order chi connectivity index (χ1) is 10.2. The summed E-state index contributed by atoms with van der Waals surface area (Å²) < 4.78 is 1.85. The maximum absolute atomic E-state index is 11.1. The Morgan fingerprint density at radius 2 is 2.00 bits per heavy atom. The third-order valence-electron chi connectivity index (χ3n) is 3.82. The lowest BCUT2D eigenvalue weighted by Gasteiger charge is -2.32. The SMILES string of the molecule is NC(=O)N1CCC(Nc2ccccc2-n2cccn2)CC1. The van der Waals surface area contributed by atoms with Crippen LogP contribution in [-0.2, 0) is 0 Å². The van der Waals surface area contributed by atoms with E-state index in [1.165, 1.54) is 0 Å². The predicted octanol–water partition coefficient (Wildman–Crippen LogP) is 1.83. The number of piperidine rings is 1. The van der Waals surface area contributed by atoms with Gasteiger partial charge in [-0.05, 0) is 31.0 Å². The van der Waals surface area contributed by atoms with Crippen molar-refractivity contribution in [3.8, 4) is 5.69 Å². The molecule has 0 aliphatic carbocycles. The lowest BCUT2D eigenvalue weighted by molar-refractivity contribution is 0.193. The Kier molecular flexibility index (Phi) is 3.77. The molecule has 3 N–H and O–H groups in total. The van der Waals surface area contributed by atoms with Crippen LogP contribution in [0.3, 0.4) is 0 Å². The maximum atomic E-state index is 11.1. The van der Waals surface area contributed by atoms with Crippen molar-refractivity contribution in [3.63, 3.8) is 0 Å². The van der Waals surface area contributed by atoms with Gasteiger partial charge in [-0.2, -0.15) is 5.10 Å². The van der Waals surface area contributed by atoms with Crippen molar-refractivity contribution < 1.29 is 4.79 Å². The molecule has 6 nitrogen and oxygen atoms in total. The molecule has 1 aromatic heterocycles. The van der Waals surface area contributed by atoms with Gasteiger partial charge in [0.15, 0.2) is 0 Å². The number of nitrogens with one attached hydrogen (secondary N) is 1. The number of hydrogen-bond acceptors (Lipinski definition) is 3. The fourth-order valence-electron chi connectivity index (χ4n) is 2.67. The molecule has 1 aromatic carbocycles. The highest BCUT2D eigenvalue weighted by molar-refractivity contribution is 5.72. The van der Waals surface area contributed by atoms with Gasteiger partial charge in [-0.3, -0.25) is 0 Å². The molecule has 0 saturated carbocycles. The fraction of sp³-hybridized carbons (Fsp3) is 0.333. The number of carbonyl (C=O) groups is 1. The third-order valence-corrected chi connectivity index (χ3v) is 3.82. The molecular weight excluding hydrogens is 266 g/mol. The molecule has 2 amide bonds. The topological polar surface area (TPSA) is 76.2 Å². The van der Waals surface area contributed by atoms with Gasteiger partial charge < -0.3 is 16.0 Å². The normalized spacial score (nSPS) is 15.9. The van der Waals surface area contributed by atoms with Gasteiger partial charge in [-0.25, -0.2) is 9.48 Å². The smallest absolute Gasteiger partial charge is 0.314 e. The number of urea groups is 1. The minimum atomic E-state index is -0.328. The van der Waals surface area contributed by atoms with Gasteiger partial charge in [-0.15, -0.1) is 0 Å². The lowest BCUT2D eigenvalue weighted by Crippen LogP contribution is -2.44. The van der Waals surface area contributed by atoms with Crippen LogP contribution >= 0.6 is 0 Å². The van der Waals surface area contributed by atoms with Crippen LogP contribution in [0.25, 0.3) is 5.69 Å². The molecule has 1 fully saturated rings. The van der Waals surface area contributed by atoms with Crippen LogP contribution in [0.15, 0.2) is 42.7 Å². The van der Waals surface area contributed by atoms with Crippen molar-refractivity contribution in [1.82, 2.24) is 14.7 Å². The second-order valence-corrected chi connectivity index (χ2v) is 5.21. The van der Waals surface area contributed by atoms with Crippen LogP contribution in [-0.4, -0.2) is 39.8 Å². The van der Waals surface area contributed by atoms with Crippen molar-refractivity contribution in [3.05, 3.63) is 42.7 Å². The number of anilines is 1. The number of benzene rings is 1. The summed E-state index contributed by atoms with van der Waals surface area (Å²) in [6, 6.07) is 10.0. The molecule has 0 bridgehead atoms. The van der Waals surface area contributed by atoms with Crippen molar-refractivity contribution in [2.75, 3.05) is 18.4 Å². The molecule has 2 aromatic rings. The van der Waals surface area contributed by atoms with Crippen LogP contribution in [0.1, 0.15) is 12.8 Å². The van der Waals surface area contributed by atoms with E-state index in [1.54, 1.807) is 11.1 Å². The number of primary amides is 1. The number of para-hydroxylation sites is 2. The van der Waals surface area contributed by atoms with E-state index in [2.05, 4.69) is 16.5 Å². The van der Waals surface area contributed by atoms with Gasteiger partial charge in [0.2, 0.25) is 0 Å². The van der Waals surface area contributed by atoms with Gasteiger partial charge in [-0.1, -0.05) is 12.1 Å². The maximum Gasteiger partial charge on any atom is 0.314 e. The summed E-state index contributed by atoms with van der Waals surface area (Å²) in [5.74, 6) is 0. The van der Waals surface area contributed by atoms with Crippen molar-refractivity contribution in [2.24, 2.45) is 5.73 Å². The minimum absolute atomic E-state index is 0.328.